The Morgan fingerprint density at radius 3 is 3.00 bits per heavy atom. The molecule has 1 amide bonds. The van der Waals surface area contributed by atoms with Crippen LogP contribution in [-0.2, 0) is 13.0 Å². The summed E-state index contributed by atoms with van der Waals surface area (Å²) in [5.74, 6) is 1.44. The van der Waals surface area contributed by atoms with Crippen molar-refractivity contribution in [3.05, 3.63) is 46.2 Å². The van der Waals surface area contributed by atoms with Crippen molar-refractivity contribution in [3.8, 4) is 11.5 Å². The third-order valence-corrected chi connectivity index (χ3v) is 3.93. The molecule has 5 nitrogen and oxygen atoms in total. The van der Waals surface area contributed by atoms with E-state index in [0.29, 0.717) is 23.9 Å². The van der Waals surface area contributed by atoms with Crippen molar-refractivity contribution in [1.82, 2.24) is 10.3 Å². The number of benzene rings is 1. The van der Waals surface area contributed by atoms with Crippen LogP contribution in [0.4, 0.5) is 0 Å². The summed E-state index contributed by atoms with van der Waals surface area (Å²) in [6.07, 6.45) is 2.63. The van der Waals surface area contributed by atoms with Crippen LogP contribution in [0.15, 0.2) is 24.4 Å². The van der Waals surface area contributed by atoms with E-state index < -0.39 is 0 Å². The molecule has 6 heteroatoms. The molecule has 23 heavy (non-hydrogen) atoms. The molecule has 1 aliphatic rings. The number of H-pyrrole nitrogens is 1. The second-order valence-electron chi connectivity index (χ2n) is 5.55. The molecule has 2 N–H and O–H groups in total. The van der Waals surface area contributed by atoms with Crippen LogP contribution in [0.3, 0.4) is 0 Å². The zero-order chi connectivity index (χ0) is 16.4. The van der Waals surface area contributed by atoms with Crippen LogP contribution in [0.5, 0.6) is 11.5 Å². The Labute approximate surface area is 139 Å². The van der Waals surface area contributed by atoms with Crippen molar-refractivity contribution in [3.63, 3.8) is 0 Å². The van der Waals surface area contributed by atoms with Crippen molar-refractivity contribution in [2.75, 3.05) is 6.61 Å². The molecule has 1 atom stereocenters. The average molecular weight is 335 g/mol. The van der Waals surface area contributed by atoms with E-state index in [1.165, 1.54) is 0 Å². The van der Waals surface area contributed by atoms with E-state index in [2.05, 4.69) is 10.3 Å². The number of carbonyl (C=O) groups excluding carboxylic acids is 1. The largest absolute Gasteiger partial charge is 0.494 e. The molecule has 122 valence electrons. The molecule has 0 aliphatic carbocycles. The van der Waals surface area contributed by atoms with Crippen LogP contribution in [0.2, 0.25) is 5.02 Å². The summed E-state index contributed by atoms with van der Waals surface area (Å²) in [5.41, 5.74) is 2.47. The minimum atomic E-state index is -0.214. The first-order chi connectivity index (χ1) is 11.1. The highest BCUT2D eigenvalue weighted by molar-refractivity contribution is 6.30. The predicted molar refractivity (Wildman–Crippen MR) is 88.4 cm³/mol. The molecule has 0 unspecified atom stereocenters. The molecule has 2 aromatic rings. The quantitative estimate of drug-likeness (QED) is 0.881. The van der Waals surface area contributed by atoms with Crippen molar-refractivity contribution < 1.29 is 14.3 Å². The van der Waals surface area contributed by atoms with Crippen LogP contribution < -0.4 is 14.8 Å². The summed E-state index contributed by atoms with van der Waals surface area (Å²) >= 11 is 5.82. The maximum atomic E-state index is 12.1. The number of hydrogen-bond acceptors (Lipinski definition) is 3. The lowest BCUT2D eigenvalue weighted by atomic mass is 10.1. The Morgan fingerprint density at radius 2 is 2.30 bits per heavy atom. The van der Waals surface area contributed by atoms with Crippen LogP contribution in [0.1, 0.15) is 35.5 Å². The fourth-order valence-corrected chi connectivity index (χ4v) is 2.84. The van der Waals surface area contributed by atoms with Gasteiger partial charge in [-0.25, -0.2) is 0 Å². The van der Waals surface area contributed by atoms with E-state index in [1.807, 2.05) is 26.0 Å². The van der Waals surface area contributed by atoms with Gasteiger partial charge in [0.2, 0.25) is 0 Å². The van der Waals surface area contributed by atoms with Gasteiger partial charge in [-0.3, -0.25) is 4.79 Å². The van der Waals surface area contributed by atoms with E-state index in [4.69, 9.17) is 21.1 Å². The van der Waals surface area contributed by atoms with E-state index in [-0.39, 0.29) is 12.0 Å². The van der Waals surface area contributed by atoms with Gasteiger partial charge in [0.05, 0.1) is 11.6 Å². The molecule has 1 aromatic carbocycles. The first kappa shape index (κ1) is 15.7. The zero-order valence-corrected chi connectivity index (χ0v) is 13.9. The summed E-state index contributed by atoms with van der Waals surface area (Å²) in [6, 6.07) is 5.55. The number of carbonyl (C=O) groups is 1. The van der Waals surface area contributed by atoms with Gasteiger partial charge in [0.1, 0.15) is 23.3 Å². The minimum Gasteiger partial charge on any atom is -0.494 e. The molecule has 0 radical (unpaired) electrons. The standard InChI is InChI=1S/C17H19ClN2O3/c1-3-22-15-5-11-4-10(2)23-16(11)6-12(15)8-20-17(21)14-7-13(18)9-19-14/h5-7,9-10,19H,3-4,8H2,1-2H3,(H,20,21)/t10-/m1/s1. The van der Waals surface area contributed by atoms with Gasteiger partial charge in [0, 0.05) is 30.3 Å². The fourth-order valence-electron chi connectivity index (χ4n) is 2.68. The molecule has 0 fully saturated rings. The average Bonchev–Trinajstić information content (AvgIpc) is 3.09. The Morgan fingerprint density at radius 1 is 1.48 bits per heavy atom. The molecule has 3 rings (SSSR count). The van der Waals surface area contributed by atoms with E-state index in [1.54, 1.807) is 12.3 Å². The molecule has 0 spiro atoms. The number of fused-ring (bicyclic) bond motifs is 1. The molecular weight excluding hydrogens is 316 g/mol. The Kier molecular flexibility index (Phi) is 4.48. The Balaban J connectivity index is 1.76. The van der Waals surface area contributed by atoms with Gasteiger partial charge >= 0.3 is 0 Å². The number of amides is 1. The first-order valence-corrected chi connectivity index (χ1v) is 8.02. The molecule has 0 saturated carbocycles. The van der Waals surface area contributed by atoms with Gasteiger partial charge < -0.3 is 19.8 Å². The second kappa shape index (κ2) is 6.54. The summed E-state index contributed by atoms with van der Waals surface area (Å²) in [6.45, 7) is 4.91. The molecule has 1 aromatic heterocycles. The highest BCUT2D eigenvalue weighted by atomic mass is 35.5. The van der Waals surface area contributed by atoms with Crippen LogP contribution >= 0.6 is 11.6 Å². The molecule has 0 bridgehead atoms. The lowest BCUT2D eigenvalue weighted by molar-refractivity contribution is 0.0946. The maximum Gasteiger partial charge on any atom is 0.268 e. The number of hydrogen-bond donors (Lipinski definition) is 2. The normalized spacial score (nSPS) is 15.9. The predicted octanol–water partition coefficient (Wildman–Crippen LogP) is 3.32. The van der Waals surface area contributed by atoms with E-state index >= 15 is 0 Å². The zero-order valence-electron chi connectivity index (χ0n) is 13.1. The van der Waals surface area contributed by atoms with Crippen LogP contribution in [0.25, 0.3) is 0 Å². The molecule has 1 aliphatic heterocycles. The Hall–Kier alpha value is -2.14. The van der Waals surface area contributed by atoms with Gasteiger partial charge in [-0.2, -0.15) is 0 Å². The monoisotopic (exact) mass is 334 g/mol. The fraction of sp³-hybridized carbons (Fsp3) is 0.353. The highest BCUT2D eigenvalue weighted by Gasteiger charge is 2.22. The van der Waals surface area contributed by atoms with E-state index in [0.717, 1.165) is 29.0 Å². The van der Waals surface area contributed by atoms with Gasteiger partial charge in [-0.15, -0.1) is 0 Å². The topological polar surface area (TPSA) is 63.3 Å². The van der Waals surface area contributed by atoms with Gasteiger partial charge in [0.15, 0.2) is 0 Å². The number of ether oxygens (including phenoxy) is 2. The first-order valence-electron chi connectivity index (χ1n) is 7.64. The number of aromatic amines is 1. The Bertz CT molecular complexity index is 727. The number of nitrogens with one attached hydrogen (secondary N) is 2. The van der Waals surface area contributed by atoms with Crippen LogP contribution in [0, 0.1) is 0 Å². The van der Waals surface area contributed by atoms with Crippen molar-refractivity contribution in [2.45, 2.75) is 32.9 Å². The lowest BCUT2D eigenvalue weighted by Crippen LogP contribution is -2.23. The lowest BCUT2D eigenvalue weighted by Gasteiger charge is -2.13. The number of halogens is 1. The minimum absolute atomic E-state index is 0.172. The maximum absolute atomic E-state index is 12.1. The summed E-state index contributed by atoms with van der Waals surface area (Å²) in [7, 11) is 0. The number of rotatable bonds is 5. The summed E-state index contributed by atoms with van der Waals surface area (Å²) < 4.78 is 11.5. The third-order valence-electron chi connectivity index (χ3n) is 3.71. The second-order valence-corrected chi connectivity index (χ2v) is 5.98. The van der Waals surface area contributed by atoms with Crippen molar-refractivity contribution in [2.24, 2.45) is 0 Å². The van der Waals surface area contributed by atoms with Crippen molar-refractivity contribution >= 4 is 17.5 Å². The smallest absolute Gasteiger partial charge is 0.268 e. The SMILES string of the molecule is CCOc1cc2c(cc1CNC(=O)c1cc(Cl)c[nH]1)O[C@H](C)C2. The number of aromatic nitrogens is 1. The summed E-state index contributed by atoms with van der Waals surface area (Å²) in [5, 5.41) is 3.37. The summed E-state index contributed by atoms with van der Waals surface area (Å²) in [4.78, 5) is 14.9. The molecular formula is C17H19ClN2O3. The van der Waals surface area contributed by atoms with Gasteiger partial charge in [0.25, 0.3) is 5.91 Å². The molecule has 0 saturated heterocycles. The van der Waals surface area contributed by atoms with Gasteiger partial charge in [-0.1, -0.05) is 11.6 Å². The van der Waals surface area contributed by atoms with Crippen molar-refractivity contribution in [1.29, 1.82) is 0 Å². The highest BCUT2D eigenvalue weighted by Crippen LogP contribution is 2.35. The third kappa shape index (κ3) is 3.45. The van der Waals surface area contributed by atoms with Gasteiger partial charge in [-0.05, 0) is 32.0 Å². The molecule has 2 heterocycles. The van der Waals surface area contributed by atoms with E-state index in [9.17, 15) is 4.79 Å². The van der Waals surface area contributed by atoms with Crippen LogP contribution in [-0.4, -0.2) is 23.6 Å².